The average molecular weight is 363 g/mol. The van der Waals surface area contributed by atoms with Crippen molar-refractivity contribution in [1.29, 1.82) is 0 Å². The van der Waals surface area contributed by atoms with Crippen LogP contribution < -0.4 is 10.5 Å². The fraction of sp³-hybridized carbons (Fsp3) is 0.217. The number of aliphatic hydroxyl groups excluding tert-OH is 2. The van der Waals surface area contributed by atoms with Crippen molar-refractivity contribution in [3.63, 3.8) is 0 Å². The summed E-state index contributed by atoms with van der Waals surface area (Å²) in [7, 11) is 0. The molecule has 140 valence electrons. The summed E-state index contributed by atoms with van der Waals surface area (Å²) in [5.74, 6) is 1.54. The van der Waals surface area contributed by atoms with Gasteiger partial charge in [-0.1, -0.05) is 54.6 Å². The van der Waals surface area contributed by atoms with E-state index in [1.807, 2.05) is 66.7 Å². The normalized spacial score (nSPS) is 11.4. The first kappa shape index (κ1) is 19.1. The van der Waals surface area contributed by atoms with Crippen molar-refractivity contribution >= 4 is 0 Å². The summed E-state index contributed by atoms with van der Waals surface area (Å²) in [5.41, 5.74) is 8.38. The zero-order chi connectivity index (χ0) is 19.1. The van der Waals surface area contributed by atoms with Crippen LogP contribution in [-0.2, 0) is 6.42 Å². The summed E-state index contributed by atoms with van der Waals surface area (Å²) in [5, 5.41) is 18.5. The van der Waals surface area contributed by atoms with Gasteiger partial charge >= 0.3 is 0 Å². The molecule has 4 nitrogen and oxygen atoms in total. The van der Waals surface area contributed by atoms with Gasteiger partial charge < -0.3 is 20.7 Å². The Kier molecular flexibility index (Phi) is 6.24. The Morgan fingerprint density at radius 1 is 0.704 bits per heavy atom. The first-order chi connectivity index (χ1) is 13.1. The summed E-state index contributed by atoms with van der Waals surface area (Å²) in [6, 6.07) is 26.0. The van der Waals surface area contributed by atoms with Crippen LogP contribution in [0.25, 0.3) is 11.1 Å². The zero-order valence-electron chi connectivity index (χ0n) is 15.2. The monoisotopic (exact) mass is 363 g/mol. The fourth-order valence-corrected chi connectivity index (χ4v) is 2.81. The number of rotatable bonds is 8. The van der Waals surface area contributed by atoms with Crippen molar-refractivity contribution in [3.8, 4) is 22.6 Å². The molecule has 0 atom stereocenters. The summed E-state index contributed by atoms with van der Waals surface area (Å²) in [6.07, 6.45) is 1.20. The summed E-state index contributed by atoms with van der Waals surface area (Å²) < 4.78 is 5.91. The lowest BCUT2D eigenvalue weighted by molar-refractivity contribution is 0.115. The largest absolute Gasteiger partial charge is 0.457 e. The maximum Gasteiger partial charge on any atom is 0.127 e. The molecule has 0 amide bonds. The molecule has 0 heterocycles. The minimum absolute atomic E-state index is 0.232. The zero-order valence-corrected chi connectivity index (χ0v) is 15.2. The van der Waals surface area contributed by atoms with Gasteiger partial charge in [-0.15, -0.1) is 0 Å². The Labute approximate surface area is 159 Å². The van der Waals surface area contributed by atoms with E-state index in [-0.39, 0.29) is 13.2 Å². The number of hydrogen-bond donors (Lipinski definition) is 3. The molecule has 0 fully saturated rings. The average Bonchev–Trinajstić information content (AvgIpc) is 2.74. The number of hydrogen-bond acceptors (Lipinski definition) is 4. The molecule has 3 rings (SSSR count). The molecule has 0 radical (unpaired) electrons. The summed E-state index contributed by atoms with van der Waals surface area (Å²) in [6.45, 7) is -0.465. The Bertz CT molecular complexity index is 826. The minimum Gasteiger partial charge on any atom is -0.457 e. The van der Waals surface area contributed by atoms with Crippen LogP contribution >= 0.6 is 0 Å². The highest BCUT2D eigenvalue weighted by atomic mass is 16.5. The molecule has 4 N–H and O–H groups in total. The van der Waals surface area contributed by atoms with Gasteiger partial charge in [0.2, 0.25) is 0 Å². The van der Waals surface area contributed by atoms with Crippen molar-refractivity contribution in [3.05, 3.63) is 84.4 Å². The number of ether oxygens (including phenoxy) is 1. The van der Waals surface area contributed by atoms with Crippen LogP contribution in [0.15, 0.2) is 78.9 Å². The summed E-state index contributed by atoms with van der Waals surface area (Å²) in [4.78, 5) is 0. The van der Waals surface area contributed by atoms with E-state index in [2.05, 4.69) is 12.1 Å². The molecule has 0 aliphatic heterocycles. The van der Waals surface area contributed by atoms with Crippen molar-refractivity contribution in [2.45, 2.75) is 18.4 Å². The molecule has 0 bridgehead atoms. The predicted octanol–water partition coefficient (Wildman–Crippen LogP) is 3.76. The molecule has 0 aromatic heterocycles. The lowest BCUT2D eigenvalue weighted by atomic mass is 9.94. The van der Waals surface area contributed by atoms with Gasteiger partial charge in [0.05, 0.1) is 18.8 Å². The lowest BCUT2D eigenvalue weighted by Gasteiger charge is -2.24. The smallest absolute Gasteiger partial charge is 0.127 e. The van der Waals surface area contributed by atoms with Crippen LogP contribution in [-0.4, -0.2) is 29.0 Å². The highest BCUT2D eigenvalue weighted by Crippen LogP contribution is 2.26. The van der Waals surface area contributed by atoms with E-state index in [1.54, 1.807) is 0 Å². The van der Waals surface area contributed by atoms with Crippen LogP contribution in [0.2, 0.25) is 0 Å². The van der Waals surface area contributed by atoms with E-state index in [4.69, 9.17) is 10.5 Å². The SMILES string of the molecule is NC(CO)(CO)CCc1ccc(Oc2ccc(-c3ccccc3)cc2)cc1. The quantitative estimate of drug-likeness (QED) is 0.570. The van der Waals surface area contributed by atoms with Crippen LogP contribution in [0.5, 0.6) is 11.5 Å². The molecule has 0 spiro atoms. The van der Waals surface area contributed by atoms with Gasteiger partial charge in [0, 0.05) is 0 Å². The standard InChI is InChI=1S/C23H25NO3/c24-23(16-25,17-26)15-14-18-6-10-21(11-7-18)27-22-12-8-20(9-13-22)19-4-2-1-3-5-19/h1-13,25-26H,14-17,24H2. The molecule has 0 aliphatic rings. The number of nitrogens with two attached hydrogens (primary N) is 1. The van der Waals surface area contributed by atoms with E-state index in [9.17, 15) is 10.2 Å². The van der Waals surface area contributed by atoms with Crippen molar-refractivity contribution in [1.82, 2.24) is 0 Å². The molecule has 0 saturated carbocycles. The van der Waals surface area contributed by atoms with E-state index in [0.717, 1.165) is 22.6 Å². The van der Waals surface area contributed by atoms with E-state index in [0.29, 0.717) is 12.8 Å². The Balaban J connectivity index is 1.60. The molecule has 0 saturated heterocycles. The molecular weight excluding hydrogens is 338 g/mol. The third-order valence-electron chi connectivity index (χ3n) is 4.66. The molecule has 27 heavy (non-hydrogen) atoms. The van der Waals surface area contributed by atoms with Gasteiger partial charge in [0.25, 0.3) is 0 Å². The van der Waals surface area contributed by atoms with Gasteiger partial charge in [-0.3, -0.25) is 0 Å². The first-order valence-corrected chi connectivity index (χ1v) is 9.05. The van der Waals surface area contributed by atoms with Gasteiger partial charge in [0.15, 0.2) is 0 Å². The third kappa shape index (κ3) is 5.17. The van der Waals surface area contributed by atoms with Crippen LogP contribution in [0.4, 0.5) is 0 Å². The second-order valence-electron chi connectivity index (χ2n) is 6.82. The van der Waals surface area contributed by atoms with Gasteiger partial charge in [-0.2, -0.15) is 0 Å². The first-order valence-electron chi connectivity index (χ1n) is 9.05. The second kappa shape index (κ2) is 8.82. The van der Waals surface area contributed by atoms with Crippen LogP contribution in [0.3, 0.4) is 0 Å². The Morgan fingerprint density at radius 2 is 1.22 bits per heavy atom. The number of aryl methyl sites for hydroxylation is 1. The molecule has 0 unspecified atom stereocenters. The maximum absolute atomic E-state index is 9.26. The Hall–Kier alpha value is -2.66. The van der Waals surface area contributed by atoms with Crippen molar-refractivity contribution in [2.24, 2.45) is 5.73 Å². The predicted molar refractivity (Wildman–Crippen MR) is 108 cm³/mol. The fourth-order valence-electron chi connectivity index (χ4n) is 2.81. The molecule has 0 aliphatic carbocycles. The maximum atomic E-state index is 9.26. The molecule has 4 heteroatoms. The number of aliphatic hydroxyl groups is 2. The van der Waals surface area contributed by atoms with E-state index < -0.39 is 5.54 Å². The van der Waals surface area contributed by atoms with Gasteiger partial charge in [0.1, 0.15) is 11.5 Å². The highest BCUT2D eigenvalue weighted by molar-refractivity contribution is 5.64. The molecule has 3 aromatic rings. The van der Waals surface area contributed by atoms with Crippen LogP contribution in [0.1, 0.15) is 12.0 Å². The lowest BCUT2D eigenvalue weighted by Crippen LogP contribution is -2.47. The van der Waals surface area contributed by atoms with Crippen molar-refractivity contribution in [2.75, 3.05) is 13.2 Å². The molecule has 3 aromatic carbocycles. The topological polar surface area (TPSA) is 75.7 Å². The third-order valence-corrected chi connectivity index (χ3v) is 4.66. The Morgan fingerprint density at radius 3 is 1.78 bits per heavy atom. The van der Waals surface area contributed by atoms with E-state index >= 15 is 0 Å². The second-order valence-corrected chi connectivity index (χ2v) is 6.82. The molecular formula is C23H25NO3. The van der Waals surface area contributed by atoms with Crippen molar-refractivity contribution < 1.29 is 14.9 Å². The summed E-state index contributed by atoms with van der Waals surface area (Å²) >= 11 is 0. The van der Waals surface area contributed by atoms with Gasteiger partial charge in [-0.05, 0) is 53.8 Å². The van der Waals surface area contributed by atoms with Gasteiger partial charge in [-0.25, -0.2) is 0 Å². The minimum atomic E-state index is -0.935. The number of benzene rings is 3. The highest BCUT2D eigenvalue weighted by Gasteiger charge is 2.22. The van der Waals surface area contributed by atoms with Crippen LogP contribution in [0, 0.1) is 0 Å². The van der Waals surface area contributed by atoms with E-state index in [1.165, 1.54) is 5.56 Å².